The van der Waals surface area contributed by atoms with E-state index in [0.717, 1.165) is 27.6 Å². The summed E-state index contributed by atoms with van der Waals surface area (Å²) in [5.41, 5.74) is 1.39. The number of esters is 1. The number of carbonyl (C=O) groups excluding carboxylic acids is 2. The highest BCUT2D eigenvalue weighted by Crippen LogP contribution is 2.45. The van der Waals surface area contributed by atoms with Crippen LogP contribution in [-0.2, 0) is 19.6 Å². The minimum Gasteiger partial charge on any atom is -0.497 e. The third-order valence-electron chi connectivity index (χ3n) is 7.83. The lowest BCUT2D eigenvalue weighted by Gasteiger charge is -2.25. The molecule has 2 atom stereocenters. The number of ether oxygens (including phenoxy) is 2. The molecular formula is C37H42Cl2N2O6S. The standard InChI is InChI=1S/C35H36Cl2N2O6S.C2H6/c1-35(2,3)45-33(40)13-14-38-34(41)22-8-11-31(12-9-22)46(42,43)39-21-27(26-16-28(36)20-29(37)17-26)19-32(39)25-6-5-24-18-30(44-4)10-7-23(24)15-25;1-2/h5-12,15-18,20,27,32H,13-14,19,21H2,1-4H3,(H,38,41);1-2H3. The highest BCUT2D eigenvalue weighted by atomic mass is 35.5. The SMILES string of the molecule is CC.COc1ccc2cc(C3CC(c4cc(Cl)cc(Cl)c4)CN3S(=O)(=O)c3ccc(C(=O)NCCC(=O)OC(C)(C)C)cc3)ccc2c1. The van der Waals surface area contributed by atoms with E-state index in [1.165, 1.54) is 28.6 Å². The van der Waals surface area contributed by atoms with Gasteiger partial charge >= 0.3 is 5.97 Å². The van der Waals surface area contributed by atoms with E-state index in [4.69, 9.17) is 32.7 Å². The normalized spacial score (nSPS) is 16.6. The fourth-order valence-electron chi connectivity index (χ4n) is 5.69. The molecule has 1 aliphatic heterocycles. The average molecular weight is 714 g/mol. The summed E-state index contributed by atoms with van der Waals surface area (Å²) < 4.78 is 40.6. The number of nitrogens with one attached hydrogen (secondary N) is 1. The summed E-state index contributed by atoms with van der Waals surface area (Å²) in [5, 5.41) is 5.60. The summed E-state index contributed by atoms with van der Waals surface area (Å²) in [5.74, 6) is -0.253. The van der Waals surface area contributed by atoms with Crippen LogP contribution in [0.1, 0.15) is 80.9 Å². The van der Waals surface area contributed by atoms with Crippen LogP contribution in [0, 0.1) is 0 Å². The molecule has 4 aromatic carbocycles. The summed E-state index contributed by atoms with van der Waals surface area (Å²) in [6.45, 7) is 9.63. The first-order chi connectivity index (χ1) is 22.7. The molecule has 0 bridgehead atoms. The van der Waals surface area contributed by atoms with Gasteiger partial charge < -0.3 is 14.8 Å². The van der Waals surface area contributed by atoms with Crippen molar-refractivity contribution in [3.05, 3.63) is 106 Å². The summed E-state index contributed by atoms with van der Waals surface area (Å²) in [6, 6.07) is 22.4. The molecule has 1 saturated heterocycles. The first-order valence-electron chi connectivity index (χ1n) is 15.9. The van der Waals surface area contributed by atoms with Crippen molar-refractivity contribution in [3.63, 3.8) is 0 Å². The van der Waals surface area contributed by atoms with Gasteiger partial charge in [0.15, 0.2) is 0 Å². The highest BCUT2D eigenvalue weighted by Gasteiger charge is 2.41. The molecule has 1 amide bonds. The fraction of sp³-hybridized carbons (Fsp3) is 0.351. The zero-order chi connectivity index (χ0) is 35.2. The Bertz CT molecular complexity index is 1850. The molecule has 1 fully saturated rings. The Balaban J connectivity index is 0.00000255. The van der Waals surface area contributed by atoms with Crippen LogP contribution in [0.15, 0.2) is 83.8 Å². The third kappa shape index (κ3) is 9.08. The van der Waals surface area contributed by atoms with Gasteiger partial charge in [-0.05, 0) is 116 Å². The van der Waals surface area contributed by atoms with E-state index in [0.29, 0.717) is 16.5 Å². The van der Waals surface area contributed by atoms with Gasteiger partial charge in [0.25, 0.3) is 5.91 Å². The molecule has 4 aromatic rings. The van der Waals surface area contributed by atoms with E-state index in [1.807, 2.05) is 62.4 Å². The average Bonchev–Trinajstić information content (AvgIpc) is 3.51. The molecule has 5 rings (SSSR count). The van der Waals surface area contributed by atoms with Crippen LogP contribution in [0.3, 0.4) is 0 Å². The maximum atomic E-state index is 14.2. The van der Waals surface area contributed by atoms with Crippen molar-refractivity contribution in [2.45, 2.75) is 69.9 Å². The summed E-state index contributed by atoms with van der Waals surface area (Å²) >= 11 is 12.6. The van der Waals surface area contributed by atoms with E-state index >= 15 is 0 Å². The van der Waals surface area contributed by atoms with E-state index in [1.54, 1.807) is 33.9 Å². The number of halogens is 2. The van der Waals surface area contributed by atoms with Gasteiger partial charge in [-0.1, -0.05) is 55.2 Å². The number of sulfonamides is 1. The Labute approximate surface area is 293 Å². The molecule has 0 spiro atoms. The third-order valence-corrected chi connectivity index (χ3v) is 10.2. The van der Waals surface area contributed by atoms with Crippen molar-refractivity contribution in [1.29, 1.82) is 0 Å². The van der Waals surface area contributed by atoms with Crippen molar-refractivity contribution in [2.75, 3.05) is 20.2 Å². The van der Waals surface area contributed by atoms with Gasteiger partial charge in [0.1, 0.15) is 11.4 Å². The molecule has 1 heterocycles. The number of fused-ring (bicyclic) bond motifs is 1. The predicted octanol–water partition coefficient (Wildman–Crippen LogP) is 8.56. The Morgan fingerprint density at radius 1 is 0.875 bits per heavy atom. The monoisotopic (exact) mass is 712 g/mol. The largest absolute Gasteiger partial charge is 0.497 e. The van der Waals surface area contributed by atoms with Gasteiger partial charge in [0, 0.05) is 28.7 Å². The van der Waals surface area contributed by atoms with Crippen molar-refractivity contribution < 1.29 is 27.5 Å². The number of carbonyl (C=O) groups is 2. The van der Waals surface area contributed by atoms with E-state index in [2.05, 4.69) is 5.32 Å². The summed E-state index contributed by atoms with van der Waals surface area (Å²) in [7, 11) is -2.38. The Morgan fingerprint density at radius 2 is 1.50 bits per heavy atom. The van der Waals surface area contributed by atoms with Gasteiger partial charge in [-0.25, -0.2) is 8.42 Å². The van der Waals surface area contributed by atoms with E-state index in [-0.39, 0.29) is 35.9 Å². The number of rotatable bonds is 9. The number of methoxy groups -OCH3 is 1. The number of benzene rings is 4. The first-order valence-corrected chi connectivity index (χ1v) is 18.1. The molecule has 8 nitrogen and oxygen atoms in total. The van der Waals surface area contributed by atoms with Crippen molar-refractivity contribution >= 4 is 55.9 Å². The fourth-order valence-corrected chi connectivity index (χ4v) is 7.90. The molecular weight excluding hydrogens is 671 g/mol. The van der Waals surface area contributed by atoms with Crippen LogP contribution in [-0.4, -0.2) is 50.4 Å². The van der Waals surface area contributed by atoms with Crippen molar-refractivity contribution in [2.24, 2.45) is 0 Å². The Kier molecular flexibility index (Phi) is 12.2. The van der Waals surface area contributed by atoms with Crippen LogP contribution in [0.25, 0.3) is 10.8 Å². The van der Waals surface area contributed by atoms with Crippen LogP contribution < -0.4 is 10.1 Å². The maximum Gasteiger partial charge on any atom is 0.308 e. The van der Waals surface area contributed by atoms with Gasteiger partial charge in [-0.15, -0.1) is 0 Å². The molecule has 0 saturated carbocycles. The second kappa shape index (κ2) is 15.7. The molecule has 256 valence electrons. The molecule has 2 unspecified atom stereocenters. The van der Waals surface area contributed by atoms with Gasteiger partial charge in [0.05, 0.1) is 24.5 Å². The second-order valence-electron chi connectivity index (χ2n) is 12.3. The van der Waals surface area contributed by atoms with Crippen LogP contribution in [0.4, 0.5) is 0 Å². The van der Waals surface area contributed by atoms with E-state index in [9.17, 15) is 18.0 Å². The lowest BCUT2D eigenvalue weighted by atomic mass is 9.93. The molecule has 48 heavy (non-hydrogen) atoms. The van der Waals surface area contributed by atoms with Crippen LogP contribution >= 0.6 is 23.2 Å². The molecule has 1 aliphatic rings. The topological polar surface area (TPSA) is 102 Å². The van der Waals surface area contributed by atoms with Gasteiger partial charge in [-0.2, -0.15) is 4.31 Å². The van der Waals surface area contributed by atoms with Crippen LogP contribution in [0.2, 0.25) is 10.0 Å². The van der Waals surface area contributed by atoms with E-state index < -0.39 is 33.5 Å². The molecule has 0 aromatic heterocycles. The number of amides is 1. The number of hydrogen-bond acceptors (Lipinski definition) is 6. The molecule has 11 heteroatoms. The molecule has 1 N–H and O–H groups in total. The zero-order valence-corrected chi connectivity index (χ0v) is 30.4. The quantitative estimate of drug-likeness (QED) is 0.175. The number of nitrogens with zero attached hydrogens (tertiary/aromatic N) is 1. The predicted molar refractivity (Wildman–Crippen MR) is 192 cm³/mol. The Morgan fingerprint density at radius 3 is 2.12 bits per heavy atom. The Hall–Kier alpha value is -3.63. The lowest BCUT2D eigenvalue weighted by molar-refractivity contribution is -0.154. The molecule has 0 radical (unpaired) electrons. The maximum absolute atomic E-state index is 14.2. The number of hydrogen-bond donors (Lipinski definition) is 1. The second-order valence-corrected chi connectivity index (χ2v) is 15.1. The van der Waals surface area contributed by atoms with Crippen LogP contribution in [0.5, 0.6) is 5.75 Å². The van der Waals surface area contributed by atoms with Crippen molar-refractivity contribution in [1.82, 2.24) is 9.62 Å². The lowest BCUT2D eigenvalue weighted by Crippen LogP contribution is -2.31. The van der Waals surface area contributed by atoms with Gasteiger partial charge in [-0.3, -0.25) is 9.59 Å². The molecule has 0 aliphatic carbocycles. The summed E-state index contributed by atoms with van der Waals surface area (Å²) in [4.78, 5) is 24.7. The van der Waals surface area contributed by atoms with Crippen molar-refractivity contribution in [3.8, 4) is 5.75 Å². The first kappa shape index (κ1) is 37.2. The smallest absolute Gasteiger partial charge is 0.308 e. The minimum atomic E-state index is -3.99. The summed E-state index contributed by atoms with van der Waals surface area (Å²) in [6.07, 6.45) is 0.544. The van der Waals surface area contributed by atoms with Gasteiger partial charge in [0.2, 0.25) is 10.0 Å². The zero-order valence-electron chi connectivity index (χ0n) is 28.0. The minimum absolute atomic E-state index is 0.0210. The highest BCUT2D eigenvalue weighted by molar-refractivity contribution is 7.89.